The molecule has 0 saturated heterocycles. The summed E-state index contributed by atoms with van der Waals surface area (Å²) >= 11 is 0. The first-order valence-electron chi connectivity index (χ1n) is 8.17. The Hall–Kier alpha value is -3.49. The fourth-order valence-corrected chi connectivity index (χ4v) is 2.71. The maximum absolute atomic E-state index is 13.6. The molecule has 0 unspecified atom stereocenters. The number of hydrogen-bond acceptors (Lipinski definition) is 5. The Morgan fingerprint density at radius 2 is 2.07 bits per heavy atom. The number of nitro groups is 1. The van der Waals surface area contributed by atoms with Crippen LogP contribution in [-0.2, 0) is 16.0 Å². The zero-order valence-corrected chi connectivity index (χ0v) is 14.2. The van der Waals surface area contributed by atoms with Crippen LogP contribution in [0.3, 0.4) is 0 Å². The lowest BCUT2D eigenvalue weighted by Crippen LogP contribution is -2.45. The number of ether oxygens (including phenoxy) is 1. The van der Waals surface area contributed by atoms with Gasteiger partial charge in [0.2, 0.25) is 5.91 Å². The molecule has 27 heavy (non-hydrogen) atoms. The molecule has 8 nitrogen and oxygen atoms in total. The molecular weight excluding hydrogens is 357 g/mol. The number of anilines is 1. The molecule has 9 heteroatoms. The van der Waals surface area contributed by atoms with Gasteiger partial charge in [-0.1, -0.05) is 18.2 Å². The number of halogens is 1. The average Bonchev–Trinajstić information content (AvgIpc) is 2.65. The molecule has 2 aromatic carbocycles. The van der Waals surface area contributed by atoms with E-state index in [1.807, 2.05) is 0 Å². The Morgan fingerprint density at radius 1 is 1.30 bits per heavy atom. The lowest BCUT2D eigenvalue weighted by atomic mass is 10.1. The first-order chi connectivity index (χ1) is 13.0. The van der Waals surface area contributed by atoms with Gasteiger partial charge >= 0.3 is 0 Å². The number of nitro benzene ring substituents is 1. The van der Waals surface area contributed by atoms with E-state index in [2.05, 4.69) is 5.32 Å². The van der Waals surface area contributed by atoms with Crippen molar-refractivity contribution >= 4 is 23.2 Å². The number of fused-ring (bicyclic) bond motifs is 1. The molecule has 0 bridgehead atoms. The molecule has 1 aliphatic rings. The summed E-state index contributed by atoms with van der Waals surface area (Å²) in [7, 11) is 0. The lowest BCUT2D eigenvalue weighted by Gasteiger charge is -2.28. The first kappa shape index (κ1) is 18.3. The van der Waals surface area contributed by atoms with Crippen LogP contribution in [0.1, 0.15) is 5.56 Å². The molecule has 1 aliphatic heterocycles. The van der Waals surface area contributed by atoms with Crippen molar-refractivity contribution in [1.29, 1.82) is 0 Å². The van der Waals surface area contributed by atoms with Crippen molar-refractivity contribution in [1.82, 2.24) is 5.32 Å². The fourth-order valence-electron chi connectivity index (χ4n) is 2.71. The van der Waals surface area contributed by atoms with E-state index in [1.54, 1.807) is 18.2 Å². The van der Waals surface area contributed by atoms with E-state index in [-0.39, 0.29) is 36.9 Å². The van der Waals surface area contributed by atoms with Crippen molar-refractivity contribution in [3.8, 4) is 5.75 Å². The number of non-ortho nitro benzene ring substituents is 1. The second-order valence-corrected chi connectivity index (χ2v) is 5.87. The number of nitrogens with one attached hydrogen (secondary N) is 1. The average molecular weight is 373 g/mol. The maximum Gasteiger partial charge on any atom is 0.271 e. The van der Waals surface area contributed by atoms with E-state index in [4.69, 9.17) is 4.74 Å². The third-order valence-corrected chi connectivity index (χ3v) is 4.07. The van der Waals surface area contributed by atoms with Crippen LogP contribution in [-0.4, -0.2) is 36.4 Å². The number of amides is 2. The SMILES string of the molecule is O=C(CN1C(=O)COc2ccc([N+](=O)[O-])cc21)NCCc1ccccc1F. The second kappa shape index (κ2) is 7.81. The van der Waals surface area contributed by atoms with Crippen LogP contribution in [0.15, 0.2) is 42.5 Å². The standard InChI is InChI=1S/C18H16FN3O5/c19-14-4-2-1-3-12(14)7-8-20-17(23)10-21-15-9-13(22(25)26)5-6-16(15)27-11-18(21)24/h1-6,9H,7-8,10-11H2,(H,20,23). The van der Waals surface area contributed by atoms with Gasteiger partial charge in [0.05, 0.1) is 10.6 Å². The van der Waals surface area contributed by atoms with Crippen molar-refractivity contribution in [2.24, 2.45) is 0 Å². The molecular formula is C18H16FN3O5. The van der Waals surface area contributed by atoms with Gasteiger partial charge in [-0.2, -0.15) is 0 Å². The molecule has 1 N–H and O–H groups in total. The van der Waals surface area contributed by atoms with Crippen LogP contribution in [0.25, 0.3) is 0 Å². The number of benzene rings is 2. The van der Waals surface area contributed by atoms with Crippen LogP contribution < -0.4 is 15.0 Å². The Morgan fingerprint density at radius 3 is 2.81 bits per heavy atom. The predicted molar refractivity (Wildman–Crippen MR) is 94.1 cm³/mol. The summed E-state index contributed by atoms with van der Waals surface area (Å²) in [4.78, 5) is 35.8. The molecule has 3 rings (SSSR count). The predicted octanol–water partition coefficient (Wildman–Crippen LogP) is 1.82. The molecule has 0 spiro atoms. The highest BCUT2D eigenvalue weighted by Crippen LogP contribution is 2.35. The van der Waals surface area contributed by atoms with Gasteiger partial charge in [0.1, 0.15) is 18.1 Å². The van der Waals surface area contributed by atoms with Gasteiger partial charge in [0, 0.05) is 18.7 Å². The summed E-state index contributed by atoms with van der Waals surface area (Å²) in [6.07, 6.45) is 0.303. The zero-order valence-electron chi connectivity index (χ0n) is 14.2. The summed E-state index contributed by atoms with van der Waals surface area (Å²) in [6, 6.07) is 10.1. The minimum atomic E-state index is -0.591. The van der Waals surface area contributed by atoms with Gasteiger partial charge in [-0.15, -0.1) is 0 Å². The molecule has 0 fully saturated rings. The van der Waals surface area contributed by atoms with E-state index in [1.165, 1.54) is 24.3 Å². The third kappa shape index (κ3) is 4.20. The number of nitrogens with zero attached hydrogens (tertiary/aromatic N) is 2. The summed E-state index contributed by atoms with van der Waals surface area (Å²) in [5.41, 5.74) is 0.433. The normalized spacial score (nSPS) is 12.9. The molecule has 2 amide bonds. The van der Waals surface area contributed by atoms with Crippen molar-refractivity contribution < 1.29 is 23.6 Å². The third-order valence-electron chi connectivity index (χ3n) is 4.07. The molecule has 140 valence electrons. The quantitative estimate of drug-likeness (QED) is 0.615. The molecule has 0 aliphatic carbocycles. The smallest absolute Gasteiger partial charge is 0.271 e. The minimum Gasteiger partial charge on any atom is -0.482 e. The van der Waals surface area contributed by atoms with E-state index in [0.29, 0.717) is 17.7 Å². The zero-order chi connectivity index (χ0) is 19.4. The van der Waals surface area contributed by atoms with E-state index >= 15 is 0 Å². The van der Waals surface area contributed by atoms with E-state index in [9.17, 15) is 24.1 Å². The second-order valence-electron chi connectivity index (χ2n) is 5.87. The first-order valence-corrected chi connectivity index (χ1v) is 8.17. The van der Waals surface area contributed by atoms with Gasteiger partial charge in [-0.05, 0) is 24.1 Å². The Labute approximate surface area is 153 Å². The topological polar surface area (TPSA) is 102 Å². The Kier molecular flexibility index (Phi) is 5.30. The molecule has 1 heterocycles. The largest absolute Gasteiger partial charge is 0.482 e. The molecule has 2 aromatic rings. The fraction of sp³-hybridized carbons (Fsp3) is 0.222. The van der Waals surface area contributed by atoms with Crippen molar-refractivity contribution in [3.63, 3.8) is 0 Å². The summed E-state index contributed by atoms with van der Waals surface area (Å²) in [5, 5.41) is 13.6. The van der Waals surface area contributed by atoms with E-state index < -0.39 is 16.7 Å². The molecule has 0 aromatic heterocycles. The number of carbonyl (C=O) groups excluding carboxylic acids is 2. The summed E-state index contributed by atoms with van der Waals surface area (Å²) in [6.45, 7) is -0.374. The Balaban J connectivity index is 1.65. The van der Waals surface area contributed by atoms with Crippen molar-refractivity contribution in [2.45, 2.75) is 6.42 Å². The van der Waals surface area contributed by atoms with E-state index in [0.717, 1.165) is 4.90 Å². The van der Waals surface area contributed by atoms with Crippen molar-refractivity contribution in [2.75, 3.05) is 24.6 Å². The summed E-state index contributed by atoms with van der Waals surface area (Å²) in [5.74, 6) is -0.998. The van der Waals surface area contributed by atoms with Gasteiger partial charge in [0.25, 0.3) is 11.6 Å². The number of carbonyl (C=O) groups is 2. The molecule has 0 atom stereocenters. The van der Waals surface area contributed by atoms with Crippen molar-refractivity contribution in [3.05, 3.63) is 64.0 Å². The molecule has 0 radical (unpaired) electrons. The van der Waals surface area contributed by atoms with Crippen LogP contribution >= 0.6 is 0 Å². The summed E-state index contributed by atoms with van der Waals surface area (Å²) < 4.78 is 18.8. The van der Waals surface area contributed by atoms with Crippen LogP contribution in [0.2, 0.25) is 0 Å². The Bertz CT molecular complexity index is 902. The lowest BCUT2D eigenvalue weighted by molar-refractivity contribution is -0.384. The maximum atomic E-state index is 13.6. The minimum absolute atomic E-state index is 0.171. The highest BCUT2D eigenvalue weighted by molar-refractivity contribution is 6.02. The van der Waals surface area contributed by atoms with Gasteiger partial charge < -0.3 is 10.1 Å². The van der Waals surface area contributed by atoms with Crippen LogP contribution in [0.5, 0.6) is 5.75 Å². The number of hydrogen-bond donors (Lipinski definition) is 1. The van der Waals surface area contributed by atoms with Gasteiger partial charge in [0.15, 0.2) is 6.61 Å². The highest BCUT2D eigenvalue weighted by atomic mass is 19.1. The van der Waals surface area contributed by atoms with Gasteiger partial charge in [-0.3, -0.25) is 24.6 Å². The monoisotopic (exact) mass is 373 g/mol. The van der Waals surface area contributed by atoms with Gasteiger partial charge in [-0.25, -0.2) is 4.39 Å². The number of rotatable bonds is 6. The highest BCUT2D eigenvalue weighted by Gasteiger charge is 2.29. The van der Waals surface area contributed by atoms with Crippen LogP contribution in [0, 0.1) is 15.9 Å². The molecule has 0 saturated carbocycles. The van der Waals surface area contributed by atoms with Crippen LogP contribution in [0.4, 0.5) is 15.8 Å².